The molecule has 1 N–H and O–H groups in total. The number of nitrogens with zero attached hydrogens (tertiary/aromatic N) is 1. The summed E-state index contributed by atoms with van der Waals surface area (Å²) < 4.78 is 27.3. The van der Waals surface area contributed by atoms with Gasteiger partial charge in [0.05, 0.1) is 11.6 Å². The predicted octanol–water partition coefficient (Wildman–Crippen LogP) is 3.58. The smallest absolute Gasteiger partial charge is 0.150 e. The van der Waals surface area contributed by atoms with Gasteiger partial charge in [-0.2, -0.15) is 5.26 Å². The van der Waals surface area contributed by atoms with Crippen molar-refractivity contribution in [2.75, 3.05) is 5.32 Å². The van der Waals surface area contributed by atoms with Gasteiger partial charge in [-0.15, -0.1) is 0 Å². The van der Waals surface area contributed by atoms with Gasteiger partial charge in [-0.25, -0.2) is 8.78 Å². The van der Waals surface area contributed by atoms with Crippen LogP contribution in [0.1, 0.15) is 38.2 Å². The molecule has 0 unspecified atom stereocenters. The Morgan fingerprint density at radius 1 is 1.35 bits per heavy atom. The Kier molecular flexibility index (Phi) is 3.01. The van der Waals surface area contributed by atoms with Crippen molar-refractivity contribution in [2.24, 2.45) is 0 Å². The molecule has 1 aromatic carbocycles. The monoisotopic (exact) mass is 236 g/mol. The van der Waals surface area contributed by atoms with Gasteiger partial charge in [0.2, 0.25) is 0 Å². The maximum absolute atomic E-state index is 13.7. The van der Waals surface area contributed by atoms with E-state index in [1.54, 1.807) is 6.07 Å². The summed E-state index contributed by atoms with van der Waals surface area (Å²) in [5, 5.41) is 11.6. The minimum Gasteiger partial charge on any atom is -0.375 e. The van der Waals surface area contributed by atoms with Gasteiger partial charge in [-0.05, 0) is 37.8 Å². The summed E-state index contributed by atoms with van der Waals surface area (Å²) in [6.07, 6.45) is 3.79. The molecule has 1 aliphatic carbocycles. The SMILES string of the molecule is CCC1(Nc2c(F)cc(C#N)cc2F)CCC1. The fraction of sp³-hybridized carbons (Fsp3) is 0.462. The lowest BCUT2D eigenvalue weighted by Gasteiger charge is -2.43. The molecule has 0 bridgehead atoms. The molecule has 17 heavy (non-hydrogen) atoms. The molecule has 0 radical (unpaired) electrons. The van der Waals surface area contributed by atoms with Gasteiger partial charge in [0.1, 0.15) is 5.69 Å². The van der Waals surface area contributed by atoms with Crippen LogP contribution in [0.15, 0.2) is 12.1 Å². The highest BCUT2D eigenvalue weighted by molar-refractivity contribution is 5.52. The van der Waals surface area contributed by atoms with E-state index in [-0.39, 0.29) is 16.8 Å². The number of hydrogen-bond acceptors (Lipinski definition) is 2. The molecule has 0 heterocycles. The van der Waals surface area contributed by atoms with E-state index in [1.807, 2.05) is 6.92 Å². The van der Waals surface area contributed by atoms with E-state index in [0.29, 0.717) is 0 Å². The summed E-state index contributed by atoms with van der Waals surface area (Å²) in [5.41, 5.74) is -0.272. The molecule has 2 nitrogen and oxygen atoms in total. The number of nitrogens with one attached hydrogen (secondary N) is 1. The van der Waals surface area contributed by atoms with Crippen LogP contribution in [-0.4, -0.2) is 5.54 Å². The second kappa shape index (κ2) is 4.33. The topological polar surface area (TPSA) is 35.8 Å². The average molecular weight is 236 g/mol. The van der Waals surface area contributed by atoms with E-state index in [4.69, 9.17) is 5.26 Å². The molecule has 0 saturated heterocycles. The molecular weight excluding hydrogens is 222 g/mol. The van der Waals surface area contributed by atoms with Crippen LogP contribution >= 0.6 is 0 Å². The Balaban J connectivity index is 2.30. The molecule has 1 aliphatic rings. The van der Waals surface area contributed by atoms with E-state index < -0.39 is 11.6 Å². The second-order valence-electron chi connectivity index (χ2n) is 4.54. The van der Waals surface area contributed by atoms with Gasteiger partial charge in [0.15, 0.2) is 11.6 Å². The summed E-state index contributed by atoms with van der Waals surface area (Å²) in [6.45, 7) is 2.01. The highest BCUT2D eigenvalue weighted by atomic mass is 19.1. The van der Waals surface area contributed by atoms with Crippen LogP contribution in [0.3, 0.4) is 0 Å². The molecule has 1 saturated carbocycles. The third kappa shape index (κ3) is 2.10. The van der Waals surface area contributed by atoms with Crippen molar-refractivity contribution in [1.82, 2.24) is 0 Å². The first-order valence-electron chi connectivity index (χ1n) is 5.77. The summed E-state index contributed by atoms with van der Waals surface area (Å²) in [4.78, 5) is 0. The Bertz CT molecular complexity index is 444. The molecule has 1 aromatic rings. The first kappa shape index (κ1) is 11.8. The van der Waals surface area contributed by atoms with Crippen LogP contribution in [0.2, 0.25) is 0 Å². The summed E-state index contributed by atoms with van der Waals surface area (Å²) in [6, 6.07) is 3.86. The van der Waals surface area contributed by atoms with Gasteiger partial charge in [-0.3, -0.25) is 0 Å². The minimum atomic E-state index is -0.693. The van der Waals surface area contributed by atoms with Gasteiger partial charge in [0, 0.05) is 5.54 Å². The third-order valence-corrected chi connectivity index (χ3v) is 3.55. The summed E-state index contributed by atoms with van der Waals surface area (Å²) in [7, 11) is 0. The normalized spacial score (nSPS) is 17.1. The molecule has 1 fully saturated rings. The number of anilines is 1. The van der Waals surface area contributed by atoms with Gasteiger partial charge in [0.25, 0.3) is 0 Å². The zero-order valence-electron chi connectivity index (χ0n) is 9.69. The van der Waals surface area contributed by atoms with Crippen LogP contribution in [0, 0.1) is 23.0 Å². The number of benzene rings is 1. The highest BCUT2D eigenvalue weighted by Gasteiger charge is 2.36. The summed E-state index contributed by atoms with van der Waals surface area (Å²) in [5.74, 6) is -1.39. The maximum Gasteiger partial charge on any atom is 0.150 e. The average Bonchev–Trinajstić information content (AvgIpc) is 2.26. The number of halogens is 2. The van der Waals surface area contributed by atoms with E-state index in [9.17, 15) is 8.78 Å². The lowest BCUT2D eigenvalue weighted by atomic mass is 9.74. The van der Waals surface area contributed by atoms with Crippen molar-refractivity contribution in [1.29, 1.82) is 5.26 Å². The van der Waals surface area contributed by atoms with Crippen LogP contribution in [0.25, 0.3) is 0 Å². The summed E-state index contributed by atoms with van der Waals surface area (Å²) >= 11 is 0. The lowest BCUT2D eigenvalue weighted by molar-refractivity contribution is 0.267. The van der Waals surface area contributed by atoms with Gasteiger partial charge < -0.3 is 5.32 Å². The standard InChI is InChI=1S/C13H14F2N2/c1-2-13(4-3-5-13)17-12-10(14)6-9(8-16)7-11(12)15/h6-7,17H,2-5H2,1H3. The fourth-order valence-corrected chi connectivity index (χ4v) is 2.19. The van der Waals surface area contributed by atoms with Gasteiger partial charge >= 0.3 is 0 Å². The second-order valence-corrected chi connectivity index (χ2v) is 4.54. The first-order valence-corrected chi connectivity index (χ1v) is 5.77. The van der Waals surface area contributed by atoms with Crippen LogP contribution in [0.5, 0.6) is 0 Å². The Morgan fingerprint density at radius 2 is 1.94 bits per heavy atom. The quantitative estimate of drug-likeness (QED) is 0.870. The molecule has 4 heteroatoms. The maximum atomic E-state index is 13.7. The van der Waals surface area contributed by atoms with Crippen molar-refractivity contribution in [3.05, 3.63) is 29.3 Å². The predicted molar refractivity (Wildman–Crippen MR) is 61.6 cm³/mol. The minimum absolute atomic E-state index is 0.00436. The van der Waals surface area contributed by atoms with E-state index in [1.165, 1.54) is 0 Å². The molecule has 0 amide bonds. The zero-order chi connectivity index (χ0) is 12.5. The molecule has 90 valence electrons. The Hall–Kier alpha value is -1.63. The van der Waals surface area contributed by atoms with Crippen molar-refractivity contribution in [2.45, 2.75) is 38.1 Å². The highest BCUT2D eigenvalue weighted by Crippen LogP contribution is 2.39. The molecular formula is C13H14F2N2. The van der Waals surface area contributed by atoms with E-state index in [2.05, 4.69) is 5.32 Å². The number of rotatable bonds is 3. The van der Waals surface area contributed by atoms with E-state index in [0.717, 1.165) is 37.8 Å². The van der Waals surface area contributed by atoms with Crippen molar-refractivity contribution in [3.8, 4) is 6.07 Å². The number of hydrogen-bond donors (Lipinski definition) is 1. The molecule has 0 atom stereocenters. The number of nitriles is 1. The van der Waals surface area contributed by atoms with Crippen LogP contribution in [0.4, 0.5) is 14.5 Å². The largest absolute Gasteiger partial charge is 0.375 e. The van der Waals surface area contributed by atoms with Crippen molar-refractivity contribution in [3.63, 3.8) is 0 Å². The first-order chi connectivity index (χ1) is 8.10. The van der Waals surface area contributed by atoms with Crippen LogP contribution in [-0.2, 0) is 0 Å². The van der Waals surface area contributed by atoms with Crippen molar-refractivity contribution < 1.29 is 8.78 Å². The van der Waals surface area contributed by atoms with Crippen molar-refractivity contribution >= 4 is 5.69 Å². The lowest BCUT2D eigenvalue weighted by Crippen LogP contribution is -2.44. The fourth-order valence-electron chi connectivity index (χ4n) is 2.19. The third-order valence-electron chi connectivity index (χ3n) is 3.55. The molecule has 2 rings (SSSR count). The van der Waals surface area contributed by atoms with Gasteiger partial charge in [-0.1, -0.05) is 6.92 Å². The molecule has 0 aliphatic heterocycles. The van der Waals surface area contributed by atoms with Crippen LogP contribution < -0.4 is 5.32 Å². The molecule has 0 spiro atoms. The molecule has 0 aromatic heterocycles. The Labute approximate surface area is 99.3 Å². The zero-order valence-corrected chi connectivity index (χ0v) is 9.69. The Morgan fingerprint density at radius 3 is 2.29 bits per heavy atom. The van der Waals surface area contributed by atoms with E-state index >= 15 is 0 Å².